The Kier molecular flexibility index (Phi) is 8.13. The van der Waals surface area contributed by atoms with Gasteiger partial charge in [0, 0.05) is 26.1 Å². The molecule has 0 radical (unpaired) electrons. The molecule has 0 aromatic heterocycles. The number of aliphatic hydroxyl groups is 1. The number of benzene rings is 2. The molecular weight excluding hydrogens is 407 g/mol. The molecule has 2 aromatic carbocycles. The highest BCUT2D eigenvalue weighted by Crippen LogP contribution is 2.25. The number of carbonyl (C=O) groups excluding carboxylic acids is 1. The van der Waals surface area contributed by atoms with E-state index in [0.717, 1.165) is 11.3 Å². The van der Waals surface area contributed by atoms with Crippen molar-refractivity contribution in [3.8, 4) is 5.75 Å². The molecular formula is C26H35FN2O3. The summed E-state index contributed by atoms with van der Waals surface area (Å²) in [5, 5.41) is 12.5. The number of hydrogen-bond donors (Lipinski definition) is 2. The second kappa shape index (κ2) is 10.8. The van der Waals surface area contributed by atoms with Gasteiger partial charge in [-0.05, 0) is 60.1 Å². The van der Waals surface area contributed by atoms with E-state index in [0.29, 0.717) is 57.6 Å². The fraction of sp³-hybridized carbons (Fsp3) is 0.500. The largest absolute Gasteiger partial charge is 0.494 e. The molecule has 1 saturated heterocycles. The van der Waals surface area contributed by atoms with E-state index in [4.69, 9.17) is 4.74 Å². The summed E-state index contributed by atoms with van der Waals surface area (Å²) >= 11 is 0. The number of rotatable bonds is 8. The highest BCUT2D eigenvalue weighted by molar-refractivity contribution is 5.75. The molecule has 1 aliphatic rings. The minimum atomic E-state index is -0.293. The van der Waals surface area contributed by atoms with Crippen molar-refractivity contribution in [2.24, 2.45) is 0 Å². The third-order valence-corrected chi connectivity index (χ3v) is 5.84. The molecule has 0 saturated carbocycles. The number of nitrogens with one attached hydrogen (secondary N) is 1. The number of halogens is 1. The van der Waals surface area contributed by atoms with E-state index >= 15 is 0 Å². The molecule has 32 heavy (non-hydrogen) atoms. The van der Waals surface area contributed by atoms with Crippen molar-refractivity contribution in [2.75, 3.05) is 24.6 Å². The zero-order chi connectivity index (χ0) is 23.1. The standard InChI is InChI=1S/C26H35FN2O3/c1-26(2,3)20-7-9-22(10-8-20)32-16-4-5-25(31)28-18-19-6-11-24(23(27)17-19)29-14-12-21(30)13-15-29/h6-11,17,21,30H,4-5,12-16,18H2,1-3H3,(H,28,31). The number of nitrogens with zero attached hydrogens (tertiary/aromatic N) is 1. The molecule has 174 valence electrons. The highest BCUT2D eigenvalue weighted by Gasteiger charge is 2.19. The average molecular weight is 443 g/mol. The van der Waals surface area contributed by atoms with Gasteiger partial charge in [-0.2, -0.15) is 0 Å². The lowest BCUT2D eigenvalue weighted by Crippen LogP contribution is -2.36. The van der Waals surface area contributed by atoms with Gasteiger partial charge in [0.2, 0.25) is 5.91 Å². The van der Waals surface area contributed by atoms with Crippen molar-refractivity contribution >= 4 is 11.6 Å². The topological polar surface area (TPSA) is 61.8 Å². The van der Waals surface area contributed by atoms with Crippen molar-refractivity contribution in [1.82, 2.24) is 5.32 Å². The van der Waals surface area contributed by atoms with E-state index in [-0.39, 0.29) is 23.2 Å². The average Bonchev–Trinajstić information content (AvgIpc) is 2.76. The van der Waals surface area contributed by atoms with Gasteiger partial charge in [0.1, 0.15) is 11.6 Å². The van der Waals surface area contributed by atoms with Gasteiger partial charge in [-0.3, -0.25) is 4.79 Å². The van der Waals surface area contributed by atoms with Crippen LogP contribution in [0.3, 0.4) is 0 Å². The summed E-state index contributed by atoms with van der Waals surface area (Å²) in [5.74, 6) is 0.433. The lowest BCUT2D eigenvalue weighted by Gasteiger charge is -2.31. The molecule has 0 atom stereocenters. The summed E-state index contributed by atoms with van der Waals surface area (Å²) in [4.78, 5) is 14.1. The van der Waals surface area contributed by atoms with E-state index in [9.17, 15) is 14.3 Å². The van der Waals surface area contributed by atoms with Gasteiger partial charge >= 0.3 is 0 Å². The lowest BCUT2D eigenvalue weighted by atomic mass is 9.87. The molecule has 2 N–H and O–H groups in total. The fourth-order valence-corrected chi connectivity index (χ4v) is 3.79. The molecule has 1 aliphatic heterocycles. The summed E-state index contributed by atoms with van der Waals surface area (Å²) in [6, 6.07) is 13.1. The van der Waals surface area contributed by atoms with Crippen LogP contribution in [0.2, 0.25) is 0 Å². The molecule has 0 unspecified atom stereocenters. The Labute approximate surface area is 190 Å². The van der Waals surface area contributed by atoms with E-state index in [1.54, 1.807) is 6.07 Å². The number of piperidine rings is 1. The number of anilines is 1. The quantitative estimate of drug-likeness (QED) is 0.589. The molecule has 1 amide bonds. The zero-order valence-electron chi connectivity index (χ0n) is 19.4. The van der Waals surface area contributed by atoms with Crippen LogP contribution < -0.4 is 15.0 Å². The Balaban J connectivity index is 1.37. The maximum absolute atomic E-state index is 14.5. The minimum absolute atomic E-state index is 0.0776. The first-order valence-corrected chi connectivity index (χ1v) is 11.4. The van der Waals surface area contributed by atoms with Crippen molar-refractivity contribution in [3.63, 3.8) is 0 Å². The van der Waals surface area contributed by atoms with Gasteiger partial charge < -0.3 is 20.1 Å². The van der Waals surface area contributed by atoms with Gasteiger partial charge in [-0.1, -0.05) is 39.0 Å². The number of amides is 1. The lowest BCUT2D eigenvalue weighted by molar-refractivity contribution is -0.121. The maximum Gasteiger partial charge on any atom is 0.220 e. The Bertz CT molecular complexity index is 885. The normalized spacial score (nSPS) is 15.0. The fourth-order valence-electron chi connectivity index (χ4n) is 3.79. The smallest absolute Gasteiger partial charge is 0.220 e. The number of hydrogen-bond acceptors (Lipinski definition) is 4. The van der Waals surface area contributed by atoms with Crippen LogP contribution in [0.15, 0.2) is 42.5 Å². The van der Waals surface area contributed by atoms with Crippen molar-refractivity contribution < 1.29 is 19.0 Å². The molecule has 1 heterocycles. The Hall–Kier alpha value is -2.60. The summed E-state index contributed by atoms with van der Waals surface area (Å²) < 4.78 is 20.3. The van der Waals surface area contributed by atoms with Crippen LogP contribution in [0.5, 0.6) is 5.75 Å². The first-order valence-electron chi connectivity index (χ1n) is 11.4. The first-order chi connectivity index (χ1) is 15.2. The van der Waals surface area contributed by atoms with Crippen LogP contribution in [-0.4, -0.2) is 36.8 Å². The number of ether oxygens (including phenoxy) is 1. The monoisotopic (exact) mass is 442 g/mol. The SMILES string of the molecule is CC(C)(C)c1ccc(OCCCC(=O)NCc2ccc(N3CCC(O)CC3)c(F)c2)cc1. The predicted octanol–water partition coefficient (Wildman–Crippen LogP) is 4.56. The number of aliphatic hydroxyl groups excluding tert-OH is 1. The Morgan fingerprint density at radius 2 is 1.84 bits per heavy atom. The van der Waals surface area contributed by atoms with Crippen LogP contribution in [0.25, 0.3) is 0 Å². The second-order valence-electron chi connectivity index (χ2n) is 9.51. The van der Waals surface area contributed by atoms with Crippen LogP contribution in [-0.2, 0) is 16.8 Å². The molecule has 0 aliphatic carbocycles. The van der Waals surface area contributed by atoms with Crippen molar-refractivity contribution in [1.29, 1.82) is 0 Å². The predicted molar refractivity (Wildman–Crippen MR) is 126 cm³/mol. The van der Waals surface area contributed by atoms with Crippen LogP contribution in [0.4, 0.5) is 10.1 Å². The summed E-state index contributed by atoms with van der Waals surface area (Å²) in [6.45, 7) is 8.58. The summed E-state index contributed by atoms with van der Waals surface area (Å²) in [5.41, 5.74) is 2.65. The molecule has 6 heteroatoms. The summed E-state index contributed by atoms with van der Waals surface area (Å²) in [7, 11) is 0. The van der Waals surface area contributed by atoms with E-state index in [1.807, 2.05) is 23.1 Å². The highest BCUT2D eigenvalue weighted by atomic mass is 19.1. The van der Waals surface area contributed by atoms with Crippen LogP contribution in [0.1, 0.15) is 57.6 Å². The first kappa shape index (κ1) is 24.1. The summed E-state index contributed by atoms with van der Waals surface area (Å²) in [6.07, 6.45) is 1.99. The third kappa shape index (κ3) is 6.95. The van der Waals surface area contributed by atoms with E-state index in [2.05, 4.69) is 38.2 Å². The zero-order valence-corrected chi connectivity index (χ0v) is 19.4. The number of carbonyl (C=O) groups is 1. The van der Waals surface area contributed by atoms with Crippen molar-refractivity contribution in [3.05, 3.63) is 59.4 Å². The van der Waals surface area contributed by atoms with Crippen LogP contribution >= 0.6 is 0 Å². The molecule has 3 rings (SSSR count). The molecule has 2 aromatic rings. The molecule has 1 fully saturated rings. The molecule has 0 bridgehead atoms. The maximum atomic E-state index is 14.5. The van der Waals surface area contributed by atoms with Gasteiger partial charge in [0.05, 0.1) is 18.4 Å². The Morgan fingerprint density at radius 3 is 2.47 bits per heavy atom. The van der Waals surface area contributed by atoms with E-state index < -0.39 is 0 Å². The van der Waals surface area contributed by atoms with Gasteiger partial charge in [-0.15, -0.1) is 0 Å². The van der Waals surface area contributed by atoms with Crippen LogP contribution in [0, 0.1) is 5.82 Å². The van der Waals surface area contributed by atoms with E-state index in [1.165, 1.54) is 11.6 Å². The van der Waals surface area contributed by atoms with Crippen molar-refractivity contribution in [2.45, 2.75) is 64.5 Å². The third-order valence-electron chi connectivity index (χ3n) is 5.84. The second-order valence-corrected chi connectivity index (χ2v) is 9.51. The molecule has 5 nitrogen and oxygen atoms in total. The van der Waals surface area contributed by atoms with Gasteiger partial charge in [0.25, 0.3) is 0 Å². The minimum Gasteiger partial charge on any atom is -0.494 e. The molecule has 0 spiro atoms. The van der Waals surface area contributed by atoms with Gasteiger partial charge in [0.15, 0.2) is 0 Å². The van der Waals surface area contributed by atoms with Gasteiger partial charge in [-0.25, -0.2) is 4.39 Å². The Morgan fingerprint density at radius 1 is 1.16 bits per heavy atom.